The molecule has 0 unspecified atom stereocenters. The van der Waals surface area contributed by atoms with Crippen LogP contribution in [0, 0.1) is 0 Å². The van der Waals surface area contributed by atoms with Crippen LogP contribution in [0.4, 0.5) is 0 Å². The number of benzene rings is 1. The van der Waals surface area contributed by atoms with Crippen LogP contribution in [-0.4, -0.2) is 13.1 Å². The molecular weight excluding hydrogens is 227 g/mol. The van der Waals surface area contributed by atoms with E-state index < -0.39 is 13.6 Å². The van der Waals surface area contributed by atoms with E-state index in [2.05, 4.69) is 4.74 Å². The SMILES string of the molecule is C[CH2][Co](=[O])[c]1ccc(C(=O)OC)cc1. The third-order valence-electron chi connectivity index (χ3n) is 1.68. The van der Waals surface area contributed by atoms with Crippen LogP contribution >= 0.6 is 0 Å². The Labute approximate surface area is 87.0 Å². The van der Waals surface area contributed by atoms with E-state index in [9.17, 15) is 8.66 Å². The standard InChI is InChI=1S/C8H7O2.C2H5.Co.O/c1-10-8(9)7-5-3-2-4-6-7;1-2;;/h3-6H,1H3;1H2,2H3;;. The fraction of sp³-hybridized carbons (Fsp3) is 0.300. The molecule has 1 rings (SSSR count). The van der Waals surface area contributed by atoms with Gasteiger partial charge in [-0.2, -0.15) is 0 Å². The van der Waals surface area contributed by atoms with Crippen LogP contribution in [0.1, 0.15) is 17.3 Å². The van der Waals surface area contributed by atoms with Gasteiger partial charge < -0.3 is 0 Å². The molecule has 0 atom stereocenters. The van der Waals surface area contributed by atoms with E-state index in [-0.39, 0.29) is 5.97 Å². The predicted molar refractivity (Wildman–Crippen MR) is 48.6 cm³/mol. The molecule has 4 heteroatoms. The Balaban J connectivity index is 2.89. The predicted octanol–water partition coefficient (Wildman–Crippen LogP) is 1.50. The van der Waals surface area contributed by atoms with E-state index in [0.717, 1.165) is 4.50 Å². The number of carbonyl (C=O) groups is 1. The van der Waals surface area contributed by atoms with Gasteiger partial charge in [0.15, 0.2) is 0 Å². The van der Waals surface area contributed by atoms with Crippen LogP contribution < -0.4 is 4.50 Å². The van der Waals surface area contributed by atoms with Gasteiger partial charge in [-0.3, -0.25) is 0 Å². The summed E-state index contributed by atoms with van der Waals surface area (Å²) >= 11 is -1.29. The van der Waals surface area contributed by atoms with Crippen LogP contribution in [0.3, 0.4) is 0 Å². The molecule has 0 bridgehead atoms. The number of hydrogen-bond donors (Lipinski definition) is 0. The van der Waals surface area contributed by atoms with Crippen molar-refractivity contribution in [2.24, 2.45) is 0 Å². The number of ether oxygens (including phenoxy) is 1. The summed E-state index contributed by atoms with van der Waals surface area (Å²) in [6, 6.07) is 6.66. The zero-order valence-electron chi connectivity index (χ0n) is 8.07. The zero-order valence-corrected chi connectivity index (χ0v) is 9.12. The Morgan fingerprint density at radius 2 is 1.93 bits per heavy atom. The van der Waals surface area contributed by atoms with Crippen molar-refractivity contribution in [1.82, 2.24) is 0 Å². The van der Waals surface area contributed by atoms with Crippen LogP contribution in [0.5, 0.6) is 0 Å². The summed E-state index contributed by atoms with van der Waals surface area (Å²) in [4.78, 5) is 11.1. The Morgan fingerprint density at radius 3 is 2.36 bits per heavy atom. The molecule has 0 N–H and O–H groups in total. The molecule has 0 radical (unpaired) electrons. The number of esters is 1. The van der Waals surface area contributed by atoms with Crippen LogP contribution in [0.15, 0.2) is 24.3 Å². The topological polar surface area (TPSA) is 43.4 Å². The van der Waals surface area contributed by atoms with Crippen molar-refractivity contribution >= 4 is 10.5 Å². The first kappa shape index (κ1) is 11.1. The van der Waals surface area contributed by atoms with Crippen LogP contribution in [0.2, 0.25) is 5.36 Å². The van der Waals surface area contributed by atoms with Gasteiger partial charge in [-0.25, -0.2) is 0 Å². The number of hydrogen-bond acceptors (Lipinski definition) is 3. The summed E-state index contributed by atoms with van der Waals surface area (Å²) in [7, 11) is 1.34. The molecule has 0 aliphatic rings. The average Bonchev–Trinajstić information content (AvgIpc) is 2.27. The molecule has 0 fully saturated rings. The Hall–Kier alpha value is -1.00. The maximum absolute atomic E-state index is 11.4. The van der Waals surface area contributed by atoms with Crippen molar-refractivity contribution in [3.8, 4) is 0 Å². The van der Waals surface area contributed by atoms with Crippen molar-refractivity contribution in [2.45, 2.75) is 12.3 Å². The molecule has 3 nitrogen and oxygen atoms in total. The van der Waals surface area contributed by atoms with Gasteiger partial charge in [-0.15, -0.1) is 0 Å². The minimum atomic E-state index is -1.29. The maximum atomic E-state index is 11.4. The molecule has 0 aliphatic heterocycles. The van der Waals surface area contributed by atoms with Gasteiger partial charge in [-0.1, -0.05) is 0 Å². The van der Waals surface area contributed by atoms with E-state index in [4.69, 9.17) is 0 Å². The van der Waals surface area contributed by atoms with Crippen molar-refractivity contribution in [2.75, 3.05) is 7.11 Å². The van der Waals surface area contributed by atoms with Crippen molar-refractivity contribution in [1.29, 1.82) is 0 Å². The summed E-state index contributed by atoms with van der Waals surface area (Å²) in [5.74, 6) is -0.372. The van der Waals surface area contributed by atoms with Gasteiger partial charge in [-0.05, 0) is 0 Å². The third kappa shape index (κ3) is 2.49. The second kappa shape index (κ2) is 5.02. The first-order chi connectivity index (χ1) is 6.69. The molecule has 14 heavy (non-hydrogen) atoms. The van der Waals surface area contributed by atoms with E-state index in [0.29, 0.717) is 10.9 Å². The van der Waals surface area contributed by atoms with Gasteiger partial charge in [0.25, 0.3) is 0 Å². The molecule has 0 saturated carbocycles. The summed E-state index contributed by atoms with van der Waals surface area (Å²) in [6.07, 6.45) is 0. The van der Waals surface area contributed by atoms with Crippen molar-refractivity contribution < 1.29 is 27.0 Å². The van der Waals surface area contributed by atoms with E-state index in [1.165, 1.54) is 7.11 Å². The fourth-order valence-electron chi connectivity index (χ4n) is 0.956. The molecule has 0 heterocycles. The monoisotopic (exact) mass is 239 g/mol. The Bertz CT molecular complexity index is 308. The Kier molecular flexibility index (Phi) is 3.97. The quantitative estimate of drug-likeness (QED) is 0.751. The van der Waals surface area contributed by atoms with Gasteiger partial charge in [0.2, 0.25) is 0 Å². The molecular formula is C10H12CoO3. The van der Waals surface area contributed by atoms with E-state index in [1.54, 1.807) is 24.3 Å². The Morgan fingerprint density at radius 1 is 1.36 bits per heavy atom. The molecule has 0 aliphatic carbocycles. The van der Waals surface area contributed by atoms with Crippen molar-refractivity contribution in [3.63, 3.8) is 0 Å². The average molecular weight is 239 g/mol. The first-order valence-electron chi connectivity index (χ1n) is 4.13. The molecule has 0 spiro atoms. The molecule has 0 saturated heterocycles. The van der Waals surface area contributed by atoms with E-state index in [1.807, 2.05) is 6.92 Å². The zero-order chi connectivity index (χ0) is 10.6. The second-order valence-electron chi connectivity index (χ2n) is 2.49. The summed E-state index contributed by atoms with van der Waals surface area (Å²) in [5, 5.41) is 0.616. The van der Waals surface area contributed by atoms with Gasteiger partial charge >= 0.3 is 86.7 Å². The number of rotatable bonds is 3. The summed E-state index contributed by atoms with van der Waals surface area (Å²) in [6.45, 7) is 1.87. The molecule has 1 aromatic carbocycles. The molecule has 79 valence electrons. The van der Waals surface area contributed by atoms with Gasteiger partial charge in [0.1, 0.15) is 0 Å². The van der Waals surface area contributed by atoms with Gasteiger partial charge in [0.05, 0.1) is 0 Å². The van der Waals surface area contributed by atoms with Crippen LogP contribution in [0.25, 0.3) is 0 Å². The van der Waals surface area contributed by atoms with Gasteiger partial charge in [0, 0.05) is 0 Å². The third-order valence-corrected chi connectivity index (χ3v) is 3.37. The fourth-order valence-corrected chi connectivity index (χ4v) is 1.94. The first-order valence-corrected chi connectivity index (χ1v) is 5.82. The molecule has 1 aromatic rings. The second-order valence-corrected chi connectivity index (χ2v) is 4.71. The molecule has 0 amide bonds. The minimum absolute atomic E-state index is 0.372. The van der Waals surface area contributed by atoms with Crippen molar-refractivity contribution in [3.05, 3.63) is 29.8 Å². The number of methoxy groups -OCH3 is 1. The van der Waals surface area contributed by atoms with E-state index >= 15 is 0 Å². The molecule has 0 aromatic heterocycles. The summed E-state index contributed by atoms with van der Waals surface area (Å²) in [5.41, 5.74) is 0.482. The number of carbonyl (C=O) groups excluding carboxylic acids is 1. The normalized spacial score (nSPS) is 10.9. The summed E-state index contributed by atoms with van der Waals surface area (Å²) < 4.78 is 16.7. The van der Waals surface area contributed by atoms with Crippen LogP contribution in [-0.2, 0) is 22.2 Å².